The lowest BCUT2D eigenvalue weighted by molar-refractivity contribution is -0.303. The Balaban J connectivity index is 1.12. The number of aliphatic carboxylic acids is 1. The predicted octanol–water partition coefficient (Wildman–Crippen LogP) is 2.58. The zero-order chi connectivity index (χ0) is 43.9. The normalized spacial score (nSPS) is 27.1. The number of nitrogens with zero attached hydrogens (tertiary/aromatic N) is 3. The molecule has 8 atom stereocenters. The summed E-state index contributed by atoms with van der Waals surface area (Å²) in [6, 6.07) is 13.9. The number of amidine groups is 1. The fourth-order valence-corrected chi connectivity index (χ4v) is 8.28. The second kappa shape index (κ2) is 16.8. The monoisotopic (exact) mass is 856 g/mol. The van der Waals surface area contributed by atoms with E-state index >= 15 is 0 Å². The molecule has 2 fully saturated rings. The minimum Gasteiger partial charge on any atom is -0.508 e. The van der Waals surface area contributed by atoms with E-state index in [4.69, 9.17) is 29.1 Å². The molecule has 3 aromatic rings. The summed E-state index contributed by atoms with van der Waals surface area (Å²) >= 11 is 0. The molecule has 0 aromatic heterocycles. The maximum Gasteiger partial charge on any atom is 0.336 e. The van der Waals surface area contributed by atoms with Crippen LogP contribution in [-0.4, -0.2) is 131 Å². The molecule has 4 heterocycles. The Morgan fingerprint density at radius 3 is 2.44 bits per heavy atom. The minimum atomic E-state index is -2.57. The van der Waals surface area contributed by atoms with Crippen LogP contribution in [0.25, 0.3) is 5.76 Å². The Kier molecular flexibility index (Phi) is 11.5. The average Bonchev–Trinajstić information content (AvgIpc) is 4.05. The van der Waals surface area contributed by atoms with Gasteiger partial charge in [0, 0.05) is 24.3 Å². The van der Waals surface area contributed by atoms with E-state index in [1.54, 1.807) is 24.3 Å². The van der Waals surface area contributed by atoms with E-state index in [2.05, 4.69) is 15.0 Å². The van der Waals surface area contributed by atoms with Crippen molar-refractivity contribution in [1.82, 2.24) is 0 Å². The zero-order valence-electron chi connectivity index (χ0n) is 32.8. The molecule has 0 spiro atoms. The van der Waals surface area contributed by atoms with Crippen LogP contribution in [0, 0.1) is 5.41 Å². The molecule has 19 heteroatoms. The zero-order valence-corrected chi connectivity index (χ0v) is 32.8. The number of phenols is 2. The first kappa shape index (κ1) is 42.3. The van der Waals surface area contributed by atoms with Crippen molar-refractivity contribution in [3.8, 4) is 34.5 Å². The number of fused-ring (bicyclic) bond motifs is 1. The van der Waals surface area contributed by atoms with Gasteiger partial charge >= 0.3 is 5.97 Å². The van der Waals surface area contributed by atoms with Crippen molar-refractivity contribution in [3.05, 3.63) is 89.5 Å². The lowest BCUT2D eigenvalue weighted by Gasteiger charge is -2.46. The van der Waals surface area contributed by atoms with Gasteiger partial charge < -0.3 is 69.6 Å². The van der Waals surface area contributed by atoms with E-state index in [1.165, 1.54) is 54.9 Å². The van der Waals surface area contributed by atoms with Crippen LogP contribution >= 0.6 is 0 Å². The molecule has 0 amide bonds. The van der Waals surface area contributed by atoms with Crippen molar-refractivity contribution in [2.75, 3.05) is 13.2 Å². The van der Waals surface area contributed by atoms with E-state index in [0.29, 0.717) is 36.8 Å². The van der Waals surface area contributed by atoms with Crippen molar-refractivity contribution in [2.45, 2.75) is 86.2 Å². The molecule has 4 aliphatic heterocycles. The highest BCUT2D eigenvalue weighted by molar-refractivity contribution is 6.15. The number of carboxylic acids is 1. The molecular weight excluding hydrogens is 812 g/mol. The molecule has 1 saturated carbocycles. The number of ether oxygens (including phenoxy) is 5. The number of hydrogen-bond donors (Lipinski definition) is 10. The van der Waals surface area contributed by atoms with Crippen LogP contribution in [0.1, 0.15) is 54.9 Å². The van der Waals surface area contributed by atoms with Gasteiger partial charge in [0.2, 0.25) is 12.0 Å². The van der Waals surface area contributed by atoms with E-state index in [9.17, 15) is 50.8 Å². The highest BCUT2D eigenvalue weighted by Crippen LogP contribution is 2.55. The molecular formula is C43H44N4O15. The summed E-state index contributed by atoms with van der Waals surface area (Å²) in [5.74, 6) is -3.50. The number of aromatic hydroxyl groups is 2. The summed E-state index contributed by atoms with van der Waals surface area (Å²) in [4.78, 5) is 24.4. The van der Waals surface area contributed by atoms with Crippen molar-refractivity contribution in [3.63, 3.8) is 0 Å². The van der Waals surface area contributed by atoms with Crippen LogP contribution in [0.3, 0.4) is 0 Å². The number of nitrogens with one attached hydrogen (secondary N) is 1. The van der Waals surface area contributed by atoms with E-state index in [-0.39, 0.29) is 58.1 Å². The molecule has 62 heavy (non-hydrogen) atoms. The van der Waals surface area contributed by atoms with Crippen LogP contribution < -0.4 is 18.9 Å². The van der Waals surface area contributed by atoms with Gasteiger partial charge in [-0.05, 0) is 73.2 Å². The second-order valence-electron chi connectivity index (χ2n) is 15.6. The van der Waals surface area contributed by atoms with E-state index in [1.807, 2.05) is 0 Å². The number of carbonyl (C=O) groups is 1. The first-order chi connectivity index (χ1) is 29.7. The highest BCUT2D eigenvalue weighted by Gasteiger charge is 2.59. The maximum atomic E-state index is 12.6. The lowest BCUT2D eigenvalue weighted by atomic mass is 9.80. The van der Waals surface area contributed by atoms with Crippen molar-refractivity contribution >= 4 is 35.3 Å². The summed E-state index contributed by atoms with van der Waals surface area (Å²) < 4.78 is 30.6. The van der Waals surface area contributed by atoms with Gasteiger partial charge in [0.1, 0.15) is 76.4 Å². The molecule has 326 valence electrons. The Morgan fingerprint density at radius 2 is 1.79 bits per heavy atom. The first-order valence-electron chi connectivity index (χ1n) is 19.7. The molecule has 8 rings (SSSR count). The number of benzene rings is 3. The summed E-state index contributed by atoms with van der Waals surface area (Å²) in [6.07, 6.45) is -4.71. The third kappa shape index (κ3) is 7.96. The van der Waals surface area contributed by atoms with Gasteiger partial charge in [-0.25, -0.2) is 14.8 Å². The molecule has 1 saturated heterocycles. The number of rotatable bonds is 14. The number of hydrogen-bond acceptors (Lipinski definition) is 17. The molecule has 0 radical (unpaired) electrons. The Morgan fingerprint density at radius 1 is 1.03 bits per heavy atom. The molecule has 19 nitrogen and oxygen atoms in total. The van der Waals surface area contributed by atoms with E-state index < -0.39 is 84.6 Å². The number of carboxylic acid groups (broad SMARTS) is 1. The van der Waals surface area contributed by atoms with Gasteiger partial charge in [0.15, 0.2) is 23.7 Å². The Bertz CT molecular complexity index is 2390. The first-order valence-corrected chi connectivity index (χ1v) is 19.7. The van der Waals surface area contributed by atoms with Crippen molar-refractivity contribution in [1.29, 1.82) is 5.41 Å². The maximum absolute atomic E-state index is 12.6. The van der Waals surface area contributed by atoms with Crippen LogP contribution in [0.15, 0.2) is 87.8 Å². The van der Waals surface area contributed by atoms with Crippen molar-refractivity contribution in [2.24, 2.45) is 15.0 Å². The van der Waals surface area contributed by atoms with Crippen LogP contribution in [0.4, 0.5) is 0 Å². The second-order valence-corrected chi connectivity index (χ2v) is 15.6. The number of aliphatic imine (C=N–C) groups is 3. The van der Waals surface area contributed by atoms with Gasteiger partial charge in [-0.15, -0.1) is 0 Å². The predicted molar refractivity (Wildman–Crippen MR) is 219 cm³/mol. The third-order valence-corrected chi connectivity index (χ3v) is 11.5. The molecule has 10 N–H and O–H groups in total. The van der Waals surface area contributed by atoms with Crippen LogP contribution in [0.2, 0.25) is 0 Å². The van der Waals surface area contributed by atoms with Gasteiger partial charge in [-0.1, -0.05) is 24.3 Å². The topological polar surface area (TPSA) is 306 Å². The Hall–Kier alpha value is -6.35. The number of aliphatic hydroxyl groups excluding tert-OH is 5. The van der Waals surface area contributed by atoms with Gasteiger partial charge in [-0.2, -0.15) is 0 Å². The molecule has 3 aromatic carbocycles. The lowest BCUT2D eigenvalue weighted by Crippen LogP contribution is -2.69. The smallest absolute Gasteiger partial charge is 0.336 e. The Labute approximate surface area is 353 Å². The summed E-state index contributed by atoms with van der Waals surface area (Å²) in [5.41, 5.74) is -2.50. The van der Waals surface area contributed by atoms with Crippen molar-refractivity contribution < 1.29 is 74.4 Å². The number of aliphatic hydroxyl groups is 6. The number of phenolic OH excluding ortho intramolecular Hbond substituents is 2. The largest absolute Gasteiger partial charge is 0.508 e. The summed E-state index contributed by atoms with van der Waals surface area (Å²) in [7, 11) is 0. The fraction of sp³-hybridized carbons (Fsp3) is 0.372. The van der Waals surface area contributed by atoms with Gasteiger partial charge in [0.05, 0.1) is 18.9 Å². The SMILES string of the molecule is N=C1C=CC([C@@H](O)[C@H](CO)Oc2ccc(C3C=C(O)c4c(cc(O[C@@H]5O[C@H](C(=O)O)[C@](O)(CC6=NC=NC6)[C@@H](O)[C@H]5O)c(OC5(c6cccc(O)c6)CCCC5)c4O)O3)cc2)=N1. The van der Waals surface area contributed by atoms with E-state index in [0.717, 1.165) is 0 Å². The van der Waals surface area contributed by atoms with Gasteiger partial charge in [-0.3, -0.25) is 10.4 Å². The quantitative estimate of drug-likeness (QED) is 0.111. The molecule has 5 aliphatic rings. The third-order valence-electron chi connectivity index (χ3n) is 11.5. The molecule has 1 unspecified atom stereocenters. The summed E-state index contributed by atoms with van der Waals surface area (Å²) in [5, 5.41) is 107. The van der Waals surface area contributed by atoms with Gasteiger partial charge in [0.25, 0.3) is 0 Å². The fourth-order valence-electron chi connectivity index (χ4n) is 8.28. The standard InChI is InChI=1S/C43H44N4O15/c44-32-11-10-26(47-32)34(51)31(19-48)58-25-8-6-21(7-9-25)28-15-27(50)33-29(59-28)16-30(37(35(33)52)62-42(12-1-2-13-42)22-4-3-5-24(49)14-22)60-41-36(53)38(54)43(57,39(61-41)40(55)56)17-23-18-45-20-46-23/h3-11,14-16,20,28,31,34,36,38-39,41,44,48-54,57H,1-2,12-13,17-19H2,(H,55,56)/t28?,31-,34+,36+,38-,39+,41+,43-/m0/s1. The minimum absolute atomic E-state index is 0.0318. The van der Waals surface area contributed by atoms with Crippen LogP contribution in [0.5, 0.6) is 34.5 Å². The summed E-state index contributed by atoms with van der Waals surface area (Å²) in [6.45, 7) is -0.536. The molecule has 1 aliphatic carbocycles. The highest BCUT2D eigenvalue weighted by atomic mass is 16.7. The molecule has 0 bridgehead atoms. The average molecular weight is 857 g/mol. The van der Waals surface area contributed by atoms with Crippen LogP contribution in [-0.2, 0) is 15.1 Å².